The standard InChI is InChI=1S/C28H23F3O/c1-2-3-19-4-6-20(7-5-19)22-10-14-26(27(30)16-22)23-11-15-25(28(31)17-23)21-8-12-24(13-9-21)32-18-29/h4-17H,2-3,18H2,1H3. The molecule has 0 saturated carbocycles. The lowest BCUT2D eigenvalue weighted by Gasteiger charge is -2.10. The van der Waals surface area contributed by atoms with E-state index in [0.29, 0.717) is 28.0 Å². The zero-order chi connectivity index (χ0) is 22.5. The molecule has 0 heterocycles. The van der Waals surface area contributed by atoms with Crippen LogP contribution in [0.3, 0.4) is 0 Å². The second-order valence-electron chi connectivity index (χ2n) is 7.61. The molecule has 0 bridgehead atoms. The molecule has 4 aromatic carbocycles. The van der Waals surface area contributed by atoms with E-state index in [1.165, 1.54) is 17.7 Å². The second kappa shape index (κ2) is 9.73. The molecule has 0 atom stereocenters. The summed E-state index contributed by atoms with van der Waals surface area (Å²) >= 11 is 0. The monoisotopic (exact) mass is 432 g/mol. The largest absolute Gasteiger partial charge is 0.463 e. The first kappa shape index (κ1) is 21.7. The number of benzene rings is 4. The molecule has 0 amide bonds. The highest BCUT2D eigenvalue weighted by molar-refractivity contribution is 5.74. The van der Waals surface area contributed by atoms with E-state index in [1.807, 2.05) is 18.2 Å². The van der Waals surface area contributed by atoms with Gasteiger partial charge in [-0.2, -0.15) is 0 Å². The molecule has 0 saturated heterocycles. The fourth-order valence-corrected chi connectivity index (χ4v) is 3.79. The van der Waals surface area contributed by atoms with Crippen LogP contribution in [0, 0.1) is 11.6 Å². The van der Waals surface area contributed by atoms with Crippen molar-refractivity contribution in [2.75, 3.05) is 6.86 Å². The highest BCUT2D eigenvalue weighted by Gasteiger charge is 2.12. The topological polar surface area (TPSA) is 9.23 Å². The van der Waals surface area contributed by atoms with Gasteiger partial charge in [0.05, 0.1) is 0 Å². The van der Waals surface area contributed by atoms with Gasteiger partial charge < -0.3 is 4.74 Å². The molecule has 1 nitrogen and oxygen atoms in total. The maximum Gasteiger partial charge on any atom is 0.228 e. The highest BCUT2D eigenvalue weighted by atomic mass is 19.1. The van der Waals surface area contributed by atoms with Crippen molar-refractivity contribution in [1.29, 1.82) is 0 Å². The van der Waals surface area contributed by atoms with Crippen molar-refractivity contribution in [3.63, 3.8) is 0 Å². The molecule has 4 rings (SSSR count). The Kier molecular flexibility index (Phi) is 6.60. The third-order valence-corrected chi connectivity index (χ3v) is 5.46. The zero-order valence-electron chi connectivity index (χ0n) is 17.7. The lowest BCUT2D eigenvalue weighted by Crippen LogP contribution is -1.91. The van der Waals surface area contributed by atoms with Gasteiger partial charge in [-0.1, -0.05) is 74.0 Å². The Labute approximate surface area is 186 Å². The molecule has 0 radical (unpaired) electrons. The van der Waals surface area contributed by atoms with Gasteiger partial charge in [0.25, 0.3) is 0 Å². The summed E-state index contributed by atoms with van der Waals surface area (Å²) in [4.78, 5) is 0. The number of hydrogen-bond acceptors (Lipinski definition) is 1. The van der Waals surface area contributed by atoms with E-state index in [2.05, 4.69) is 19.1 Å². The van der Waals surface area contributed by atoms with Gasteiger partial charge in [-0.15, -0.1) is 0 Å². The van der Waals surface area contributed by atoms with Gasteiger partial charge in [0.1, 0.15) is 17.4 Å². The van der Waals surface area contributed by atoms with Crippen LogP contribution in [0.4, 0.5) is 13.2 Å². The Morgan fingerprint density at radius 2 is 1.16 bits per heavy atom. The average Bonchev–Trinajstić information content (AvgIpc) is 2.81. The van der Waals surface area contributed by atoms with Crippen molar-refractivity contribution < 1.29 is 17.9 Å². The first-order valence-electron chi connectivity index (χ1n) is 10.6. The lowest BCUT2D eigenvalue weighted by molar-refractivity contribution is 0.192. The third kappa shape index (κ3) is 4.70. The Morgan fingerprint density at radius 1 is 0.625 bits per heavy atom. The summed E-state index contributed by atoms with van der Waals surface area (Å²) in [5, 5.41) is 0. The zero-order valence-corrected chi connectivity index (χ0v) is 17.7. The first-order chi connectivity index (χ1) is 15.6. The number of ether oxygens (including phenoxy) is 1. The third-order valence-electron chi connectivity index (χ3n) is 5.46. The fourth-order valence-electron chi connectivity index (χ4n) is 3.79. The van der Waals surface area contributed by atoms with Crippen LogP contribution in [0.15, 0.2) is 84.9 Å². The van der Waals surface area contributed by atoms with Crippen molar-refractivity contribution in [2.45, 2.75) is 19.8 Å². The fraction of sp³-hybridized carbons (Fsp3) is 0.143. The van der Waals surface area contributed by atoms with Gasteiger partial charge in [0, 0.05) is 11.1 Å². The van der Waals surface area contributed by atoms with Crippen molar-refractivity contribution in [1.82, 2.24) is 0 Å². The van der Waals surface area contributed by atoms with Gasteiger partial charge in [-0.3, -0.25) is 0 Å². The summed E-state index contributed by atoms with van der Waals surface area (Å²) < 4.78 is 46.8. The van der Waals surface area contributed by atoms with Gasteiger partial charge in [0.15, 0.2) is 0 Å². The molecule has 0 aliphatic carbocycles. The van der Waals surface area contributed by atoms with Crippen molar-refractivity contribution in [3.05, 3.63) is 102 Å². The highest BCUT2D eigenvalue weighted by Crippen LogP contribution is 2.32. The van der Waals surface area contributed by atoms with Crippen LogP contribution in [-0.2, 0) is 6.42 Å². The molecule has 4 heteroatoms. The van der Waals surface area contributed by atoms with E-state index >= 15 is 0 Å². The lowest BCUT2D eigenvalue weighted by atomic mass is 9.96. The molecular weight excluding hydrogens is 409 g/mol. The number of hydrogen-bond donors (Lipinski definition) is 0. The predicted octanol–water partition coefficient (Wildman–Crippen LogP) is 8.22. The van der Waals surface area contributed by atoms with E-state index < -0.39 is 18.5 Å². The minimum absolute atomic E-state index is 0.341. The van der Waals surface area contributed by atoms with Crippen LogP contribution >= 0.6 is 0 Å². The predicted molar refractivity (Wildman–Crippen MR) is 123 cm³/mol. The molecule has 0 aromatic heterocycles. The van der Waals surface area contributed by atoms with Crippen molar-refractivity contribution >= 4 is 0 Å². The normalized spacial score (nSPS) is 10.9. The SMILES string of the molecule is CCCc1ccc(-c2ccc(-c3ccc(-c4ccc(OCF)cc4)c(F)c3)c(F)c2)cc1. The number of halogens is 3. The summed E-state index contributed by atoms with van der Waals surface area (Å²) in [6.07, 6.45) is 2.10. The smallest absolute Gasteiger partial charge is 0.228 e. The van der Waals surface area contributed by atoms with E-state index in [4.69, 9.17) is 4.74 Å². The van der Waals surface area contributed by atoms with Gasteiger partial charge >= 0.3 is 0 Å². The average molecular weight is 432 g/mol. The molecule has 0 unspecified atom stereocenters. The first-order valence-corrected chi connectivity index (χ1v) is 10.6. The maximum atomic E-state index is 14.9. The second-order valence-corrected chi connectivity index (χ2v) is 7.61. The Balaban J connectivity index is 1.59. The summed E-state index contributed by atoms with van der Waals surface area (Å²) in [5.74, 6) is -0.493. The van der Waals surface area contributed by atoms with E-state index in [9.17, 15) is 13.2 Å². The number of aryl methyl sites for hydroxylation is 1. The van der Waals surface area contributed by atoms with Crippen molar-refractivity contribution in [2.24, 2.45) is 0 Å². The molecule has 0 fully saturated rings. The maximum absolute atomic E-state index is 14.9. The Bertz CT molecular complexity index is 1200. The van der Waals surface area contributed by atoms with Gasteiger partial charge in [0.2, 0.25) is 6.86 Å². The minimum Gasteiger partial charge on any atom is -0.463 e. The molecule has 162 valence electrons. The molecule has 4 aromatic rings. The van der Waals surface area contributed by atoms with Crippen LogP contribution in [0.1, 0.15) is 18.9 Å². The Morgan fingerprint density at radius 3 is 1.75 bits per heavy atom. The van der Waals surface area contributed by atoms with Crippen LogP contribution in [0.2, 0.25) is 0 Å². The molecule has 32 heavy (non-hydrogen) atoms. The van der Waals surface area contributed by atoms with Crippen LogP contribution in [0.5, 0.6) is 5.75 Å². The van der Waals surface area contributed by atoms with E-state index in [1.54, 1.807) is 42.5 Å². The number of rotatable bonds is 7. The van der Waals surface area contributed by atoms with Crippen LogP contribution in [-0.4, -0.2) is 6.86 Å². The van der Waals surface area contributed by atoms with E-state index in [0.717, 1.165) is 24.0 Å². The van der Waals surface area contributed by atoms with Gasteiger partial charge in [-0.25, -0.2) is 13.2 Å². The quantitative estimate of drug-likeness (QED) is 0.286. The van der Waals surface area contributed by atoms with Crippen LogP contribution < -0.4 is 4.74 Å². The molecule has 0 spiro atoms. The summed E-state index contributed by atoms with van der Waals surface area (Å²) in [6.45, 7) is 1.22. The van der Waals surface area contributed by atoms with Crippen LogP contribution in [0.25, 0.3) is 33.4 Å². The molecule has 0 N–H and O–H groups in total. The minimum atomic E-state index is -0.920. The molecular formula is C28H23F3O. The van der Waals surface area contributed by atoms with Gasteiger partial charge in [-0.05, 0) is 58.5 Å². The summed E-state index contributed by atoms with van der Waals surface area (Å²) in [5.41, 5.74) is 4.79. The molecule has 0 aliphatic heterocycles. The Hall–Kier alpha value is -3.53. The van der Waals surface area contributed by atoms with E-state index in [-0.39, 0.29) is 0 Å². The summed E-state index contributed by atoms with van der Waals surface area (Å²) in [6, 6.07) is 24.3. The number of alkyl halides is 1. The molecule has 0 aliphatic rings. The summed E-state index contributed by atoms with van der Waals surface area (Å²) in [7, 11) is 0. The van der Waals surface area contributed by atoms with Crippen molar-refractivity contribution in [3.8, 4) is 39.1 Å².